The molecule has 54 valence electrons. The van der Waals surface area contributed by atoms with E-state index in [4.69, 9.17) is 0 Å². The van der Waals surface area contributed by atoms with Crippen LogP contribution in [0.5, 0.6) is 0 Å². The average Bonchev–Trinajstić information content (AvgIpc) is 1.72. The van der Waals surface area contributed by atoms with Crippen molar-refractivity contribution < 1.29 is 9.53 Å². The molecule has 3 heteroatoms. The normalized spacial score (nSPS) is 5.00. The van der Waals surface area contributed by atoms with Gasteiger partial charge in [0.2, 0.25) is 0 Å². The second-order valence-electron chi connectivity index (χ2n) is 0.776. The molecule has 0 N–H and O–H groups in total. The number of carbonyl (C=O) groups excluding carboxylic acids is 1. The Morgan fingerprint density at radius 3 is 1.89 bits per heavy atom. The van der Waals surface area contributed by atoms with Gasteiger partial charge in [0, 0.05) is 6.92 Å². The lowest BCUT2D eigenvalue weighted by Crippen LogP contribution is -1.87. The second kappa shape index (κ2) is 15.7. The van der Waals surface area contributed by atoms with E-state index in [2.05, 4.69) is 24.5 Å². The van der Waals surface area contributed by atoms with Gasteiger partial charge in [0.05, 0.1) is 6.26 Å². The van der Waals surface area contributed by atoms with Gasteiger partial charge in [0.25, 0.3) is 0 Å². The third-order valence-corrected chi connectivity index (χ3v) is 0.249. The fourth-order valence-corrected chi connectivity index (χ4v) is 0.117. The Morgan fingerprint density at radius 2 is 1.89 bits per heavy atom. The first-order chi connectivity index (χ1) is 3.77. The van der Waals surface area contributed by atoms with E-state index in [0.717, 1.165) is 6.26 Å². The Labute approximate surface area is 61.6 Å². The van der Waals surface area contributed by atoms with Crippen molar-refractivity contribution in [3.05, 3.63) is 26.0 Å². The van der Waals surface area contributed by atoms with E-state index in [1.807, 2.05) is 0 Å². The topological polar surface area (TPSA) is 26.3 Å². The van der Waals surface area contributed by atoms with Crippen LogP contribution in [0.2, 0.25) is 0 Å². The molecule has 9 heavy (non-hydrogen) atoms. The minimum Gasteiger partial charge on any atom is -0.435 e. The average molecular weight is 151 g/mol. The standard InChI is InChI=1S/C4H6O2.C2H4.ClH/c1-3-6-4(2)5;1-2;/h3H,1H2,2H3;1-2H2;1H. The number of carbonyl (C=O) groups is 1. The van der Waals surface area contributed by atoms with Crippen molar-refractivity contribution in [2.24, 2.45) is 0 Å². The Kier molecular flexibility index (Phi) is 27.4. The van der Waals surface area contributed by atoms with Gasteiger partial charge < -0.3 is 4.74 Å². The molecule has 0 fully saturated rings. The maximum absolute atomic E-state index is 9.75. The Hall–Kier alpha value is -0.760. The number of rotatable bonds is 1. The van der Waals surface area contributed by atoms with Crippen LogP contribution in [-0.4, -0.2) is 5.97 Å². The zero-order chi connectivity index (χ0) is 6.99. The summed E-state index contributed by atoms with van der Waals surface area (Å²) in [7, 11) is 0. The first kappa shape index (κ1) is 15.7. The van der Waals surface area contributed by atoms with Gasteiger partial charge in [-0.2, -0.15) is 0 Å². The summed E-state index contributed by atoms with van der Waals surface area (Å²) in [6.45, 7) is 10.5. The molecule has 2 nitrogen and oxygen atoms in total. The van der Waals surface area contributed by atoms with Crippen LogP contribution in [0.1, 0.15) is 6.92 Å². The van der Waals surface area contributed by atoms with Gasteiger partial charge in [0.1, 0.15) is 0 Å². The highest BCUT2D eigenvalue weighted by atomic mass is 35.5. The van der Waals surface area contributed by atoms with Gasteiger partial charge in [0.15, 0.2) is 0 Å². The van der Waals surface area contributed by atoms with Crippen LogP contribution in [0.25, 0.3) is 0 Å². The molecule has 0 heterocycles. The van der Waals surface area contributed by atoms with E-state index in [0.29, 0.717) is 0 Å². The molecule has 0 bridgehead atoms. The monoisotopic (exact) mass is 150 g/mol. The number of hydrogen-bond donors (Lipinski definition) is 0. The van der Waals surface area contributed by atoms with Crippen molar-refractivity contribution in [3.8, 4) is 0 Å². The van der Waals surface area contributed by atoms with Crippen molar-refractivity contribution in [3.63, 3.8) is 0 Å². The molecular formula is C6H11ClO2. The highest BCUT2D eigenvalue weighted by Crippen LogP contribution is 1.70. The van der Waals surface area contributed by atoms with Crippen molar-refractivity contribution in [2.45, 2.75) is 6.92 Å². The summed E-state index contributed by atoms with van der Waals surface area (Å²) in [6, 6.07) is 0. The first-order valence-corrected chi connectivity index (χ1v) is 2.05. The molecule has 0 radical (unpaired) electrons. The third-order valence-electron chi connectivity index (χ3n) is 0.249. The van der Waals surface area contributed by atoms with E-state index in [9.17, 15) is 4.79 Å². The van der Waals surface area contributed by atoms with Gasteiger partial charge in [-0.15, -0.1) is 25.6 Å². The summed E-state index contributed by atoms with van der Waals surface area (Å²) in [6.07, 6.45) is 1.10. The molecule has 0 aliphatic rings. The fourth-order valence-electron chi connectivity index (χ4n) is 0.117. The maximum atomic E-state index is 9.75. The molecule has 0 amide bonds. The van der Waals surface area contributed by atoms with E-state index in [1.54, 1.807) is 0 Å². The van der Waals surface area contributed by atoms with Gasteiger partial charge >= 0.3 is 5.97 Å². The van der Waals surface area contributed by atoms with Crippen molar-refractivity contribution in [2.75, 3.05) is 0 Å². The minimum absolute atomic E-state index is 0. The predicted octanol–water partition coefficient (Wildman–Crippen LogP) is 1.92. The molecule has 0 aromatic heterocycles. The fraction of sp³-hybridized carbons (Fsp3) is 0.167. The predicted molar refractivity (Wildman–Crippen MR) is 40.5 cm³/mol. The van der Waals surface area contributed by atoms with Gasteiger partial charge in [-0.05, 0) is 0 Å². The van der Waals surface area contributed by atoms with Crippen LogP contribution in [0, 0.1) is 0 Å². The molecule has 0 aliphatic heterocycles. The molecule has 0 rings (SSSR count). The zero-order valence-corrected chi connectivity index (χ0v) is 6.24. The summed E-state index contributed by atoms with van der Waals surface area (Å²) in [5.41, 5.74) is 0. The van der Waals surface area contributed by atoms with Gasteiger partial charge in [-0.25, -0.2) is 0 Å². The molecule has 0 aromatic rings. The number of ether oxygens (including phenoxy) is 1. The number of halogens is 1. The summed E-state index contributed by atoms with van der Waals surface area (Å²) in [5, 5.41) is 0. The van der Waals surface area contributed by atoms with Gasteiger partial charge in [-0.1, -0.05) is 6.58 Å². The van der Waals surface area contributed by atoms with Crippen LogP contribution in [0.15, 0.2) is 26.0 Å². The molecule has 0 saturated carbocycles. The van der Waals surface area contributed by atoms with E-state index < -0.39 is 0 Å². The molecular weight excluding hydrogens is 140 g/mol. The van der Waals surface area contributed by atoms with Crippen molar-refractivity contribution >= 4 is 18.4 Å². The van der Waals surface area contributed by atoms with E-state index >= 15 is 0 Å². The van der Waals surface area contributed by atoms with Crippen LogP contribution in [0.4, 0.5) is 0 Å². The number of hydrogen-bond acceptors (Lipinski definition) is 2. The van der Waals surface area contributed by atoms with Crippen LogP contribution in [0.3, 0.4) is 0 Å². The quantitative estimate of drug-likeness (QED) is 0.324. The van der Waals surface area contributed by atoms with E-state index in [-0.39, 0.29) is 18.4 Å². The van der Waals surface area contributed by atoms with E-state index in [1.165, 1.54) is 6.92 Å². The summed E-state index contributed by atoms with van der Waals surface area (Å²) in [4.78, 5) is 9.75. The molecule has 0 aliphatic carbocycles. The molecule has 0 saturated heterocycles. The summed E-state index contributed by atoms with van der Waals surface area (Å²) >= 11 is 0. The molecule has 0 aromatic carbocycles. The number of esters is 1. The highest BCUT2D eigenvalue weighted by molar-refractivity contribution is 5.85. The SMILES string of the molecule is C=C.C=COC(C)=O.Cl. The largest absolute Gasteiger partial charge is 0.435 e. The summed E-state index contributed by atoms with van der Waals surface area (Å²) < 4.78 is 4.17. The van der Waals surface area contributed by atoms with Crippen LogP contribution < -0.4 is 0 Å². The molecule has 0 unspecified atom stereocenters. The molecule has 0 atom stereocenters. The third kappa shape index (κ3) is 39.6. The lowest BCUT2D eigenvalue weighted by Gasteiger charge is -1.83. The van der Waals surface area contributed by atoms with Crippen molar-refractivity contribution in [1.29, 1.82) is 0 Å². The molecule has 0 spiro atoms. The highest BCUT2D eigenvalue weighted by Gasteiger charge is 1.79. The summed E-state index contributed by atoms with van der Waals surface area (Å²) in [5.74, 6) is -0.329. The lowest BCUT2D eigenvalue weighted by atomic mass is 10.8. The second-order valence-corrected chi connectivity index (χ2v) is 0.776. The zero-order valence-electron chi connectivity index (χ0n) is 5.42. The Balaban J connectivity index is -0.000000109. The first-order valence-electron chi connectivity index (χ1n) is 2.05. The Morgan fingerprint density at radius 1 is 1.56 bits per heavy atom. The van der Waals surface area contributed by atoms with Crippen molar-refractivity contribution in [1.82, 2.24) is 0 Å². The maximum Gasteiger partial charge on any atom is 0.307 e. The smallest absolute Gasteiger partial charge is 0.307 e. The van der Waals surface area contributed by atoms with Crippen LogP contribution >= 0.6 is 12.4 Å². The minimum atomic E-state index is -0.329. The Bertz CT molecular complexity index is 81.1. The van der Waals surface area contributed by atoms with Crippen LogP contribution in [-0.2, 0) is 9.53 Å². The van der Waals surface area contributed by atoms with Gasteiger partial charge in [-0.3, -0.25) is 4.79 Å². The lowest BCUT2D eigenvalue weighted by molar-refractivity contribution is -0.135.